The van der Waals surface area contributed by atoms with Crippen LogP contribution >= 0.6 is 0 Å². The predicted molar refractivity (Wildman–Crippen MR) is 76.5 cm³/mol. The molecule has 0 spiro atoms. The Morgan fingerprint density at radius 1 is 0.889 bits per heavy atom. The lowest BCUT2D eigenvalue weighted by molar-refractivity contribution is 0.689. The minimum atomic E-state index is -0.614. The van der Waals surface area contributed by atoms with Gasteiger partial charge in [-0.15, -0.1) is 0 Å². The van der Waals surface area contributed by atoms with Crippen molar-refractivity contribution in [2.45, 2.75) is 5.54 Å². The highest BCUT2D eigenvalue weighted by atomic mass is 14.9. The van der Waals surface area contributed by atoms with E-state index in [-0.39, 0.29) is 0 Å². The van der Waals surface area contributed by atoms with E-state index in [1.807, 2.05) is 66.7 Å². The molecule has 0 aliphatic carbocycles. The van der Waals surface area contributed by atoms with Crippen molar-refractivity contribution in [2.75, 3.05) is 0 Å². The molecule has 2 aromatic rings. The second-order valence-corrected chi connectivity index (χ2v) is 3.98. The first-order valence-corrected chi connectivity index (χ1v) is 5.83. The van der Waals surface area contributed by atoms with Crippen LogP contribution in [0.15, 0.2) is 78.3 Å². The van der Waals surface area contributed by atoms with E-state index < -0.39 is 5.54 Å². The van der Waals surface area contributed by atoms with Crippen LogP contribution in [0.1, 0.15) is 11.1 Å². The largest absolute Gasteiger partial charge is 0.390 e. The first-order valence-electron chi connectivity index (χ1n) is 5.83. The fraction of sp³-hybridized carbons (Fsp3) is 0.0625. The number of benzene rings is 2. The normalized spacial score (nSPS) is 11.6. The molecule has 0 aliphatic heterocycles. The summed E-state index contributed by atoms with van der Waals surface area (Å²) in [7, 11) is 0. The summed E-state index contributed by atoms with van der Waals surface area (Å²) in [5, 5.41) is 0. The van der Waals surface area contributed by atoms with Crippen LogP contribution in [0, 0.1) is 0 Å². The van der Waals surface area contributed by atoms with Gasteiger partial charge in [-0.1, -0.05) is 73.3 Å². The lowest BCUT2D eigenvalue weighted by Gasteiger charge is -2.27. The van der Waals surface area contributed by atoms with Crippen LogP contribution in [0.3, 0.4) is 0 Å². The van der Waals surface area contributed by atoms with Gasteiger partial charge >= 0.3 is 0 Å². The molecule has 0 bridgehead atoms. The molecule has 0 heterocycles. The molecule has 0 aliphatic rings. The van der Waals surface area contributed by atoms with Crippen LogP contribution in [0.5, 0.6) is 0 Å². The third kappa shape index (κ3) is 2.05. The van der Waals surface area contributed by atoms with Crippen molar-refractivity contribution in [3.63, 3.8) is 0 Å². The summed E-state index contributed by atoms with van der Waals surface area (Å²) in [4.78, 5) is 4.45. The molecule has 0 aromatic heterocycles. The second-order valence-electron chi connectivity index (χ2n) is 3.98. The van der Waals surface area contributed by atoms with Crippen molar-refractivity contribution < 1.29 is 0 Å². The Bertz CT molecular complexity index is 490. The number of nitrogens with two attached hydrogens (primary N) is 1. The molecular weight excluding hydrogens is 220 g/mol. The molecule has 0 amide bonds. The molecule has 0 fully saturated rings. The second kappa shape index (κ2) is 5.32. The summed E-state index contributed by atoms with van der Waals surface area (Å²) in [5.74, 6) is 0. The van der Waals surface area contributed by atoms with Gasteiger partial charge in [0.1, 0.15) is 5.54 Å². The topological polar surface area (TPSA) is 38.4 Å². The molecule has 18 heavy (non-hydrogen) atoms. The maximum Gasteiger partial charge on any atom is 0.130 e. The molecule has 0 unspecified atom stereocenters. The number of rotatable bonds is 4. The number of aliphatic imine (C=N–C) groups is 1. The Hall–Kier alpha value is -2.35. The van der Waals surface area contributed by atoms with Crippen molar-refractivity contribution in [3.05, 3.63) is 84.4 Å². The summed E-state index contributed by atoms with van der Waals surface area (Å²) < 4.78 is 0. The Balaban J connectivity index is 2.65. The summed E-state index contributed by atoms with van der Waals surface area (Å²) in [6.45, 7) is 3.94. The standard InChI is InChI=1S/C16H16N2/c1-2-16(18-13-17,14-9-5-3-6-10-14)15-11-7-4-8-12-15/h2-13H,1H2,(H2,17,18). The maximum absolute atomic E-state index is 5.53. The van der Waals surface area contributed by atoms with Crippen LogP contribution in [-0.4, -0.2) is 6.34 Å². The van der Waals surface area contributed by atoms with Crippen molar-refractivity contribution in [3.8, 4) is 0 Å². The van der Waals surface area contributed by atoms with Gasteiger partial charge in [0.25, 0.3) is 0 Å². The van der Waals surface area contributed by atoms with E-state index in [9.17, 15) is 0 Å². The van der Waals surface area contributed by atoms with E-state index in [0.29, 0.717) is 0 Å². The number of nitrogens with zero attached hydrogens (tertiary/aromatic N) is 1. The molecular formula is C16H16N2. The maximum atomic E-state index is 5.53. The molecule has 2 aromatic carbocycles. The van der Waals surface area contributed by atoms with E-state index in [0.717, 1.165) is 11.1 Å². The average molecular weight is 236 g/mol. The quantitative estimate of drug-likeness (QED) is 0.494. The molecule has 90 valence electrons. The van der Waals surface area contributed by atoms with Gasteiger partial charge in [-0.25, -0.2) is 0 Å². The van der Waals surface area contributed by atoms with Crippen LogP contribution in [0.25, 0.3) is 0 Å². The third-order valence-corrected chi connectivity index (χ3v) is 3.00. The molecule has 0 radical (unpaired) electrons. The Morgan fingerprint density at radius 3 is 1.67 bits per heavy atom. The molecule has 0 saturated carbocycles. The zero-order chi connectivity index (χ0) is 12.8. The van der Waals surface area contributed by atoms with Gasteiger partial charge in [0.2, 0.25) is 0 Å². The Kier molecular flexibility index (Phi) is 3.58. The smallest absolute Gasteiger partial charge is 0.130 e. The summed E-state index contributed by atoms with van der Waals surface area (Å²) in [6, 6.07) is 20.0. The monoisotopic (exact) mass is 236 g/mol. The molecule has 2 nitrogen and oxygen atoms in total. The zero-order valence-electron chi connectivity index (χ0n) is 10.2. The molecule has 2 heteroatoms. The number of hydrogen-bond acceptors (Lipinski definition) is 1. The molecule has 2 rings (SSSR count). The Labute approximate surface area is 107 Å². The van der Waals surface area contributed by atoms with Gasteiger partial charge in [-0.2, -0.15) is 0 Å². The highest BCUT2D eigenvalue weighted by Gasteiger charge is 2.29. The predicted octanol–water partition coefficient (Wildman–Crippen LogP) is 3.10. The number of hydrogen-bond donors (Lipinski definition) is 1. The van der Waals surface area contributed by atoms with Gasteiger partial charge < -0.3 is 5.73 Å². The fourth-order valence-electron chi connectivity index (χ4n) is 2.11. The van der Waals surface area contributed by atoms with Crippen LogP contribution in [0.4, 0.5) is 0 Å². The van der Waals surface area contributed by atoms with E-state index >= 15 is 0 Å². The lowest BCUT2D eigenvalue weighted by atomic mass is 9.83. The molecule has 2 N–H and O–H groups in total. The average Bonchev–Trinajstić information content (AvgIpc) is 2.47. The van der Waals surface area contributed by atoms with E-state index in [1.165, 1.54) is 6.34 Å². The summed E-state index contributed by atoms with van der Waals surface area (Å²) >= 11 is 0. The van der Waals surface area contributed by atoms with Crippen molar-refractivity contribution in [2.24, 2.45) is 10.7 Å². The highest BCUT2D eigenvalue weighted by molar-refractivity contribution is 5.56. The fourth-order valence-corrected chi connectivity index (χ4v) is 2.11. The minimum Gasteiger partial charge on any atom is -0.390 e. The summed E-state index contributed by atoms with van der Waals surface area (Å²) in [5.41, 5.74) is 7.01. The Morgan fingerprint density at radius 2 is 1.33 bits per heavy atom. The lowest BCUT2D eigenvalue weighted by Crippen LogP contribution is -2.23. The van der Waals surface area contributed by atoms with Crippen LogP contribution in [0.2, 0.25) is 0 Å². The highest BCUT2D eigenvalue weighted by Crippen LogP contribution is 2.34. The van der Waals surface area contributed by atoms with Crippen LogP contribution in [-0.2, 0) is 5.54 Å². The van der Waals surface area contributed by atoms with Crippen molar-refractivity contribution >= 4 is 6.34 Å². The molecule has 0 atom stereocenters. The first kappa shape index (κ1) is 12.1. The van der Waals surface area contributed by atoms with E-state index in [1.54, 1.807) is 0 Å². The molecule has 0 saturated heterocycles. The van der Waals surface area contributed by atoms with Gasteiger partial charge in [-0.3, -0.25) is 4.99 Å². The minimum absolute atomic E-state index is 0.614. The summed E-state index contributed by atoms with van der Waals surface area (Å²) in [6.07, 6.45) is 3.16. The van der Waals surface area contributed by atoms with Gasteiger partial charge in [-0.05, 0) is 11.1 Å². The zero-order valence-corrected chi connectivity index (χ0v) is 10.2. The SMILES string of the molecule is C=CC(N=CN)(c1ccccc1)c1ccccc1. The van der Waals surface area contributed by atoms with Gasteiger partial charge in [0.05, 0.1) is 6.34 Å². The third-order valence-electron chi connectivity index (χ3n) is 3.00. The van der Waals surface area contributed by atoms with Crippen LogP contribution < -0.4 is 5.73 Å². The van der Waals surface area contributed by atoms with E-state index in [2.05, 4.69) is 11.6 Å². The van der Waals surface area contributed by atoms with Gasteiger partial charge in [0.15, 0.2) is 0 Å². The van der Waals surface area contributed by atoms with Crippen molar-refractivity contribution in [1.82, 2.24) is 0 Å². The van der Waals surface area contributed by atoms with E-state index in [4.69, 9.17) is 5.73 Å². The van der Waals surface area contributed by atoms with Crippen molar-refractivity contribution in [1.29, 1.82) is 0 Å². The van der Waals surface area contributed by atoms with Gasteiger partial charge in [0, 0.05) is 0 Å². The first-order chi connectivity index (χ1) is 8.83.